The zero-order valence-corrected chi connectivity index (χ0v) is 9.71. The third kappa shape index (κ3) is 4.12. The molecule has 7 heteroatoms. The Hall–Kier alpha value is -2.57. The fourth-order valence-corrected chi connectivity index (χ4v) is 1.23. The Kier molecular flexibility index (Phi) is 4.67. The number of nitrogens with zero attached hydrogens (tertiary/aromatic N) is 1. The number of carbonyl (C=O) groups excluding carboxylic acids is 1. The van der Waals surface area contributed by atoms with E-state index in [2.05, 4.69) is 10.5 Å². The number of carboxylic acid groups (broad SMARTS) is 1. The van der Waals surface area contributed by atoms with E-state index in [1.165, 1.54) is 0 Å². The quantitative estimate of drug-likeness (QED) is 0.523. The van der Waals surface area contributed by atoms with Gasteiger partial charge in [-0.1, -0.05) is 12.1 Å². The number of nitrogens with two attached hydrogens (primary N) is 1. The molecule has 7 nitrogen and oxygen atoms in total. The Bertz CT molecular complexity index is 485. The molecule has 1 aromatic carbocycles. The number of carbonyl (C=O) groups is 2. The lowest BCUT2D eigenvalue weighted by Gasteiger charge is -2.09. The lowest BCUT2D eigenvalue weighted by atomic mass is 10.1. The molecule has 0 heterocycles. The van der Waals surface area contributed by atoms with Crippen molar-refractivity contribution in [1.82, 2.24) is 5.43 Å². The van der Waals surface area contributed by atoms with E-state index < -0.39 is 18.6 Å². The van der Waals surface area contributed by atoms with Crippen LogP contribution in [-0.4, -0.2) is 29.4 Å². The summed E-state index contributed by atoms with van der Waals surface area (Å²) in [6.07, 6.45) is 0. The molecule has 96 valence electrons. The second kappa shape index (κ2) is 6.24. The summed E-state index contributed by atoms with van der Waals surface area (Å²) in [7, 11) is 0. The number of ether oxygens (including phenoxy) is 1. The first-order valence-corrected chi connectivity index (χ1v) is 5.04. The van der Waals surface area contributed by atoms with Crippen LogP contribution in [0, 0.1) is 0 Å². The molecule has 1 rings (SSSR count). The van der Waals surface area contributed by atoms with Crippen LogP contribution >= 0.6 is 0 Å². The number of hydrogen-bond donors (Lipinski definition) is 3. The van der Waals surface area contributed by atoms with Crippen molar-refractivity contribution in [1.29, 1.82) is 0 Å². The number of para-hydroxylation sites is 1. The first-order valence-electron chi connectivity index (χ1n) is 5.04. The minimum atomic E-state index is -1.07. The van der Waals surface area contributed by atoms with E-state index in [4.69, 9.17) is 15.6 Å². The van der Waals surface area contributed by atoms with Crippen molar-refractivity contribution in [3.05, 3.63) is 29.8 Å². The summed E-state index contributed by atoms with van der Waals surface area (Å²) < 4.78 is 5.10. The van der Waals surface area contributed by atoms with E-state index in [-0.39, 0.29) is 0 Å². The Morgan fingerprint density at radius 3 is 2.72 bits per heavy atom. The summed E-state index contributed by atoms with van der Waals surface area (Å²) in [4.78, 5) is 21.0. The van der Waals surface area contributed by atoms with E-state index in [0.29, 0.717) is 17.0 Å². The summed E-state index contributed by atoms with van der Waals surface area (Å²) in [5.74, 6) is -0.706. The summed E-state index contributed by atoms with van der Waals surface area (Å²) in [5.41, 5.74) is 8.01. The summed E-state index contributed by atoms with van der Waals surface area (Å²) in [5, 5.41) is 12.3. The molecule has 0 unspecified atom stereocenters. The molecule has 0 aliphatic heterocycles. The van der Waals surface area contributed by atoms with E-state index in [1.807, 2.05) is 0 Å². The molecule has 0 bridgehead atoms. The number of nitrogens with one attached hydrogen (secondary N) is 1. The molecule has 2 amide bonds. The van der Waals surface area contributed by atoms with Gasteiger partial charge in [0.25, 0.3) is 0 Å². The molecule has 18 heavy (non-hydrogen) atoms. The number of primary amides is 1. The van der Waals surface area contributed by atoms with Crippen LogP contribution in [0.15, 0.2) is 29.4 Å². The van der Waals surface area contributed by atoms with Crippen LogP contribution in [0.5, 0.6) is 5.75 Å². The normalized spacial score (nSPS) is 10.8. The highest BCUT2D eigenvalue weighted by Crippen LogP contribution is 2.18. The van der Waals surface area contributed by atoms with Gasteiger partial charge in [0.05, 0.1) is 5.71 Å². The number of urea groups is 1. The van der Waals surface area contributed by atoms with Crippen LogP contribution in [0.2, 0.25) is 0 Å². The predicted octanol–water partition coefficient (Wildman–Crippen LogP) is 0.542. The Morgan fingerprint density at radius 1 is 1.44 bits per heavy atom. The first kappa shape index (κ1) is 13.5. The monoisotopic (exact) mass is 251 g/mol. The average molecular weight is 251 g/mol. The van der Waals surface area contributed by atoms with Gasteiger partial charge in [0.15, 0.2) is 6.61 Å². The van der Waals surface area contributed by atoms with Gasteiger partial charge in [-0.05, 0) is 19.1 Å². The van der Waals surface area contributed by atoms with Gasteiger partial charge in [-0.2, -0.15) is 5.10 Å². The van der Waals surface area contributed by atoms with E-state index in [1.54, 1.807) is 31.2 Å². The highest BCUT2D eigenvalue weighted by atomic mass is 16.5. The number of amides is 2. The van der Waals surface area contributed by atoms with Crippen molar-refractivity contribution in [2.24, 2.45) is 10.8 Å². The van der Waals surface area contributed by atoms with Gasteiger partial charge in [-0.3, -0.25) is 0 Å². The SMILES string of the molecule is C/C(=N\NC(N)=O)c1ccccc1OCC(=O)O. The Labute approximate surface area is 103 Å². The smallest absolute Gasteiger partial charge is 0.341 e. The molecule has 0 atom stereocenters. The van der Waals surface area contributed by atoms with Crippen LogP contribution in [0.25, 0.3) is 0 Å². The van der Waals surface area contributed by atoms with Crippen LogP contribution < -0.4 is 15.9 Å². The second-order valence-electron chi connectivity index (χ2n) is 3.35. The van der Waals surface area contributed by atoms with Crippen molar-refractivity contribution in [2.75, 3.05) is 6.61 Å². The number of rotatable bonds is 5. The van der Waals surface area contributed by atoms with Crippen LogP contribution in [0.1, 0.15) is 12.5 Å². The van der Waals surface area contributed by atoms with Crippen LogP contribution in [0.3, 0.4) is 0 Å². The van der Waals surface area contributed by atoms with E-state index in [0.717, 1.165) is 0 Å². The van der Waals surface area contributed by atoms with Crippen molar-refractivity contribution >= 4 is 17.7 Å². The van der Waals surface area contributed by atoms with Crippen molar-refractivity contribution in [2.45, 2.75) is 6.92 Å². The molecular formula is C11H13N3O4. The summed E-state index contributed by atoms with van der Waals surface area (Å²) in [6.45, 7) is 1.19. The number of aliphatic carboxylic acids is 1. The molecular weight excluding hydrogens is 238 g/mol. The molecule has 0 radical (unpaired) electrons. The van der Waals surface area contributed by atoms with Gasteiger partial charge in [0.2, 0.25) is 0 Å². The maximum atomic E-state index is 10.5. The maximum Gasteiger partial charge on any atom is 0.341 e. The van der Waals surface area contributed by atoms with E-state index in [9.17, 15) is 9.59 Å². The van der Waals surface area contributed by atoms with Gasteiger partial charge in [0, 0.05) is 5.56 Å². The zero-order chi connectivity index (χ0) is 13.5. The predicted molar refractivity (Wildman–Crippen MR) is 64.5 cm³/mol. The molecule has 0 saturated heterocycles. The summed E-state index contributed by atoms with van der Waals surface area (Å²) in [6, 6.07) is 5.97. The number of carboxylic acids is 1. The van der Waals surface area contributed by atoms with Gasteiger partial charge in [-0.25, -0.2) is 15.0 Å². The number of hydrogen-bond acceptors (Lipinski definition) is 4. The summed E-state index contributed by atoms with van der Waals surface area (Å²) >= 11 is 0. The molecule has 0 aromatic heterocycles. The lowest BCUT2D eigenvalue weighted by Crippen LogP contribution is -2.25. The Morgan fingerprint density at radius 2 is 2.11 bits per heavy atom. The molecule has 0 spiro atoms. The lowest BCUT2D eigenvalue weighted by molar-refractivity contribution is -0.139. The van der Waals surface area contributed by atoms with Crippen molar-refractivity contribution in [3.8, 4) is 5.75 Å². The molecule has 0 aliphatic carbocycles. The topological polar surface area (TPSA) is 114 Å². The molecule has 0 aliphatic rings. The molecule has 0 saturated carbocycles. The molecule has 1 aromatic rings. The maximum absolute atomic E-state index is 10.5. The van der Waals surface area contributed by atoms with E-state index >= 15 is 0 Å². The average Bonchev–Trinajstić information content (AvgIpc) is 2.33. The van der Waals surface area contributed by atoms with Gasteiger partial charge >= 0.3 is 12.0 Å². The Balaban J connectivity index is 2.90. The van der Waals surface area contributed by atoms with Gasteiger partial charge in [-0.15, -0.1) is 0 Å². The second-order valence-corrected chi connectivity index (χ2v) is 3.35. The first-order chi connectivity index (χ1) is 8.50. The third-order valence-corrected chi connectivity index (χ3v) is 1.96. The van der Waals surface area contributed by atoms with Gasteiger partial charge in [0.1, 0.15) is 5.75 Å². The minimum Gasteiger partial charge on any atom is -0.481 e. The van der Waals surface area contributed by atoms with Crippen LogP contribution in [0.4, 0.5) is 4.79 Å². The highest BCUT2D eigenvalue weighted by molar-refractivity contribution is 6.01. The standard InChI is InChI=1S/C11H13N3O4/c1-7(13-14-11(12)17)8-4-2-3-5-9(8)18-6-10(15)16/h2-5H,6H2,1H3,(H,15,16)(H3,12,14,17)/b13-7+. The number of hydrazone groups is 1. The molecule has 0 fully saturated rings. The number of benzene rings is 1. The van der Waals surface area contributed by atoms with Crippen molar-refractivity contribution < 1.29 is 19.4 Å². The minimum absolute atomic E-state index is 0.368. The van der Waals surface area contributed by atoms with Crippen LogP contribution in [-0.2, 0) is 4.79 Å². The van der Waals surface area contributed by atoms with Gasteiger partial charge < -0.3 is 15.6 Å². The fraction of sp³-hybridized carbons (Fsp3) is 0.182. The zero-order valence-electron chi connectivity index (χ0n) is 9.71. The third-order valence-electron chi connectivity index (χ3n) is 1.96. The van der Waals surface area contributed by atoms with Crippen molar-refractivity contribution in [3.63, 3.8) is 0 Å². The highest BCUT2D eigenvalue weighted by Gasteiger charge is 2.08. The largest absolute Gasteiger partial charge is 0.481 e. The molecule has 4 N–H and O–H groups in total. The fourth-order valence-electron chi connectivity index (χ4n) is 1.23.